The summed E-state index contributed by atoms with van der Waals surface area (Å²) in [5.41, 5.74) is -0.765. The fraction of sp³-hybridized carbons (Fsp3) is 0.167. The van der Waals surface area contributed by atoms with Crippen molar-refractivity contribution < 1.29 is 22.7 Å². The molecule has 0 amide bonds. The summed E-state index contributed by atoms with van der Waals surface area (Å²) in [6, 6.07) is 5.70. The zero-order valence-electron chi connectivity index (χ0n) is 9.28. The van der Waals surface area contributed by atoms with Crippen LogP contribution >= 0.6 is 0 Å². The van der Waals surface area contributed by atoms with Crippen LogP contribution in [0.4, 0.5) is 13.2 Å². The van der Waals surface area contributed by atoms with E-state index in [0.717, 1.165) is 25.3 Å². The maximum Gasteiger partial charge on any atom is 0.416 e. The molecule has 0 spiro atoms. The van der Waals surface area contributed by atoms with Gasteiger partial charge in [0.05, 0.1) is 12.7 Å². The van der Waals surface area contributed by atoms with E-state index >= 15 is 0 Å². The summed E-state index contributed by atoms with van der Waals surface area (Å²) < 4.78 is 41.2. The van der Waals surface area contributed by atoms with Gasteiger partial charge in [-0.25, -0.2) is 4.79 Å². The van der Waals surface area contributed by atoms with Crippen molar-refractivity contribution in [3.05, 3.63) is 41.0 Å². The fourth-order valence-corrected chi connectivity index (χ4v) is 1.18. The number of hydrogen-bond acceptors (Lipinski definition) is 3. The normalized spacial score (nSPS) is 11.8. The molecule has 0 heterocycles. The van der Waals surface area contributed by atoms with Crippen molar-refractivity contribution in [2.75, 3.05) is 7.11 Å². The molecule has 0 aliphatic heterocycles. The molecule has 3 nitrogen and oxygen atoms in total. The van der Waals surface area contributed by atoms with E-state index in [1.807, 2.05) is 0 Å². The van der Waals surface area contributed by atoms with Crippen LogP contribution in [0.3, 0.4) is 0 Å². The van der Waals surface area contributed by atoms with Crippen LogP contribution in [0.15, 0.2) is 29.8 Å². The van der Waals surface area contributed by atoms with Crippen LogP contribution < -0.4 is 0 Å². The summed E-state index contributed by atoms with van der Waals surface area (Å²) >= 11 is 0. The van der Waals surface area contributed by atoms with Crippen molar-refractivity contribution in [3.63, 3.8) is 0 Å². The molecule has 0 aromatic heterocycles. The molecule has 1 aromatic carbocycles. The number of esters is 1. The Bertz CT molecular complexity index is 510. The third kappa shape index (κ3) is 3.35. The number of halogens is 3. The van der Waals surface area contributed by atoms with Gasteiger partial charge in [0.2, 0.25) is 0 Å². The van der Waals surface area contributed by atoms with Gasteiger partial charge in [-0.2, -0.15) is 18.4 Å². The number of carbonyl (C=O) groups excluding carboxylic acids is 1. The van der Waals surface area contributed by atoms with Crippen molar-refractivity contribution in [1.82, 2.24) is 0 Å². The molecule has 1 aromatic rings. The molecule has 0 saturated carbocycles. The van der Waals surface area contributed by atoms with E-state index in [-0.39, 0.29) is 5.57 Å². The molecule has 6 heteroatoms. The number of alkyl halides is 3. The van der Waals surface area contributed by atoms with Crippen molar-refractivity contribution in [1.29, 1.82) is 5.26 Å². The van der Waals surface area contributed by atoms with E-state index in [1.54, 1.807) is 6.07 Å². The van der Waals surface area contributed by atoms with E-state index < -0.39 is 17.7 Å². The maximum atomic E-state index is 12.3. The highest BCUT2D eigenvalue weighted by Crippen LogP contribution is 2.29. The fourth-order valence-electron chi connectivity index (χ4n) is 1.18. The summed E-state index contributed by atoms with van der Waals surface area (Å²) in [7, 11) is 1.11. The summed E-state index contributed by atoms with van der Waals surface area (Å²) in [5, 5.41) is 8.67. The average Bonchev–Trinajstić information content (AvgIpc) is 2.34. The van der Waals surface area contributed by atoms with Crippen molar-refractivity contribution in [2.24, 2.45) is 0 Å². The predicted molar refractivity (Wildman–Crippen MR) is 57.1 cm³/mol. The quantitative estimate of drug-likeness (QED) is 0.464. The van der Waals surface area contributed by atoms with Gasteiger partial charge < -0.3 is 4.74 Å². The van der Waals surface area contributed by atoms with E-state index in [2.05, 4.69) is 4.74 Å². The summed E-state index contributed by atoms with van der Waals surface area (Å²) in [5.74, 6) is -0.836. The molecule has 0 aliphatic carbocycles. The number of rotatable bonds is 2. The standard InChI is InChI=1S/C12H8F3NO2/c1-18-11(17)9(7-16)6-8-2-4-10(5-3-8)12(13,14)15/h2-6H,1H3/b9-6+. The third-order valence-electron chi connectivity index (χ3n) is 2.07. The first-order chi connectivity index (χ1) is 8.38. The van der Waals surface area contributed by atoms with E-state index in [4.69, 9.17) is 5.26 Å². The number of hydrogen-bond donors (Lipinski definition) is 0. The van der Waals surface area contributed by atoms with Crippen molar-refractivity contribution in [3.8, 4) is 6.07 Å². The molecule has 18 heavy (non-hydrogen) atoms. The molecule has 1 rings (SSSR count). The van der Waals surface area contributed by atoms with Gasteiger partial charge in [-0.1, -0.05) is 12.1 Å². The van der Waals surface area contributed by atoms with Gasteiger partial charge in [0.1, 0.15) is 11.6 Å². The molecule has 0 atom stereocenters. The van der Waals surface area contributed by atoms with E-state index in [1.165, 1.54) is 12.1 Å². The lowest BCUT2D eigenvalue weighted by atomic mass is 10.1. The van der Waals surface area contributed by atoms with Gasteiger partial charge in [-0.3, -0.25) is 0 Å². The summed E-state index contributed by atoms with van der Waals surface area (Å²) in [6.45, 7) is 0. The number of ether oxygens (including phenoxy) is 1. The Labute approximate surface area is 101 Å². The minimum atomic E-state index is -4.41. The zero-order valence-corrected chi connectivity index (χ0v) is 9.28. The van der Waals surface area contributed by atoms with Gasteiger partial charge in [0.15, 0.2) is 0 Å². The smallest absolute Gasteiger partial charge is 0.416 e. The first-order valence-corrected chi connectivity index (χ1v) is 4.76. The van der Waals surface area contributed by atoms with Gasteiger partial charge in [-0.05, 0) is 23.8 Å². The van der Waals surface area contributed by atoms with Gasteiger partial charge in [-0.15, -0.1) is 0 Å². The van der Waals surface area contributed by atoms with Crippen LogP contribution in [0.5, 0.6) is 0 Å². The number of nitriles is 1. The molecule has 0 fully saturated rings. The number of nitrogens with zero attached hydrogens (tertiary/aromatic N) is 1. The number of carbonyl (C=O) groups is 1. The molecule has 0 N–H and O–H groups in total. The Kier molecular flexibility index (Phi) is 4.10. The van der Waals surface area contributed by atoms with E-state index in [9.17, 15) is 18.0 Å². The van der Waals surface area contributed by atoms with Crippen molar-refractivity contribution >= 4 is 12.0 Å². The Morgan fingerprint density at radius 1 is 1.33 bits per heavy atom. The molecule has 0 radical (unpaired) electrons. The minimum Gasteiger partial charge on any atom is -0.465 e. The zero-order chi connectivity index (χ0) is 13.8. The second-order valence-electron chi connectivity index (χ2n) is 3.28. The highest BCUT2D eigenvalue weighted by molar-refractivity contribution is 5.97. The maximum absolute atomic E-state index is 12.3. The highest BCUT2D eigenvalue weighted by atomic mass is 19.4. The van der Waals surface area contributed by atoms with Crippen molar-refractivity contribution in [2.45, 2.75) is 6.18 Å². The minimum absolute atomic E-state index is 0.280. The topological polar surface area (TPSA) is 50.1 Å². The molecule has 0 saturated heterocycles. The second kappa shape index (κ2) is 5.36. The molecule has 94 valence electrons. The molecular weight excluding hydrogens is 247 g/mol. The molecular formula is C12H8F3NO2. The Hall–Kier alpha value is -2.29. The molecule has 0 bridgehead atoms. The number of benzene rings is 1. The summed E-state index contributed by atoms with van der Waals surface area (Å²) in [4.78, 5) is 11.1. The van der Waals surface area contributed by atoms with Crippen LogP contribution in [-0.2, 0) is 15.7 Å². The lowest BCUT2D eigenvalue weighted by molar-refractivity contribution is -0.137. The van der Waals surface area contributed by atoms with Gasteiger partial charge in [0, 0.05) is 0 Å². The average molecular weight is 255 g/mol. The highest BCUT2D eigenvalue weighted by Gasteiger charge is 2.29. The van der Waals surface area contributed by atoms with Gasteiger partial charge >= 0.3 is 12.1 Å². The van der Waals surface area contributed by atoms with Crippen LogP contribution in [0.1, 0.15) is 11.1 Å². The SMILES string of the molecule is COC(=O)/C(C#N)=C/c1ccc(C(F)(F)F)cc1. The molecule has 0 unspecified atom stereocenters. The number of methoxy groups -OCH3 is 1. The van der Waals surface area contributed by atoms with Crippen LogP contribution in [0.2, 0.25) is 0 Å². The van der Waals surface area contributed by atoms with Crippen LogP contribution in [0.25, 0.3) is 6.08 Å². The Morgan fingerprint density at radius 2 is 1.89 bits per heavy atom. The predicted octanol–water partition coefficient (Wildman–Crippen LogP) is 2.79. The lowest BCUT2D eigenvalue weighted by Gasteiger charge is -2.06. The first kappa shape index (κ1) is 13.8. The van der Waals surface area contributed by atoms with Gasteiger partial charge in [0.25, 0.3) is 0 Å². The van der Waals surface area contributed by atoms with E-state index in [0.29, 0.717) is 5.56 Å². The Morgan fingerprint density at radius 3 is 2.28 bits per heavy atom. The second-order valence-corrected chi connectivity index (χ2v) is 3.28. The lowest BCUT2D eigenvalue weighted by Crippen LogP contribution is -2.04. The Balaban J connectivity index is 3.03. The third-order valence-corrected chi connectivity index (χ3v) is 2.07. The first-order valence-electron chi connectivity index (χ1n) is 4.76. The monoisotopic (exact) mass is 255 g/mol. The molecule has 0 aliphatic rings. The van der Waals surface area contributed by atoms with Crippen LogP contribution in [0, 0.1) is 11.3 Å². The largest absolute Gasteiger partial charge is 0.465 e. The summed E-state index contributed by atoms with van der Waals surface area (Å²) in [6.07, 6.45) is -3.26. The van der Waals surface area contributed by atoms with Crippen LogP contribution in [-0.4, -0.2) is 13.1 Å².